The molecule has 0 aliphatic rings. The van der Waals surface area contributed by atoms with Crippen molar-refractivity contribution in [2.45, 2.75) is 53.6 Å². The van der Waals surface area contributed by atoms with Gasteiger partial charge in [-0.3, -0.25) is 0 Å². The second kappa shape index (κ2) is 13.1. The highest BCUT2D eigenvalue weighted by molar-refractivity contribution is 7.16. The van der Waals surface area contributed by atoms with Gasteiger partial charge in [-0.1, -0.05) is 0 Å². The van der Waals surface area contributed by atoms with E-state index in [4.69, 9.17) is 22.6 Å². The molecule has 0 fully saturated rings. The lowest BCUT2D eigenvalue weighted by molar-refractivity contribution is -0.696. The Morgan fingerprint density at radius 2 is 1.35 bits per heavy atom. The van der Waals surface area contributed by atoms with Gasteiger partial charge in [0.2, 0.25) is 0 Å². The molecule has 0 amide bonds. The monoisotopic (exact) mass is 611 g/mol. The number of pyridine rings is 2. The largest absolute Gasteiger partial charge is 0.501 e. The summed E-state index contributed by atoms with van der Waals surface area (Å²) in [5.41, 5.74) is 5.73. The Morgan fingerprint density at radius 3 is 1.93 bits per heavy atom. The van der Waals surface area contributed by atoms with Crippen molar-refractivity contribution in [3.8, 4) is 32.3 Å². The normalized spacial score (nSPS) is 12.0. The molecular formula is C29H35N4O3S3Si+. The maximum Gasteiger partial charge on any atom is 0.501 e. The number of thiophene rings is 2. The fourth-order valence-electron chi connectivity index (χ4n) is 4.83. The Kier molecular flexibility index (Phi) is 9.51. The zero-order valence-corrected chi connectivity index (χ0v) is 27.0. The van der Waals surface area contributed by atoms with Crippen molar-refractivity contribution in [1.82, 2.24) is 13.7 Å². The van der Waals surface area contributed by atoms with E-state index in [0.717, 1.165) is 62.3 Å². The number of aryl methyl sites for hydroxylation is 3. The van der Waals surface area contributed by atoms with Crippen LogP contribution in [0.1, 0.15) is 36.9 Å². The minimum Gasteiger partial charge on any atom is -0.374 e. The number of rotatable bonds is 13. The van der Waals surface area contributed by atoms with E-state index in [-0.39, 0.29) is 0 Å². The topological polar surface area (TPSA) is 70.2 Å². The van der Waals surface area contributed by atoms with Gasteiger partial charge in [-0.15, -0.1) is 22.7 Å². The SMILES string of the molecule is CCO[Si](CCC[n+]1ccc(-c2nc(-c3ccc(C)s3)c3nsnc3c2-c2ccc(C)s2)cc1)(OCC)OCC. The summed E-state index contributed by atoms with van der Waals surface area (Å²) in [5.74, 6) is 0. The van der Waals surface area contributed by atoms with Gasteiger partial charge in [0, 0.05) is 70.2 Å². The summed E-state index contributed by atoms with van der Waals surface area (Å²) in [7, 11) is -2.65. The quantitative estimate of drug-likeness (QED) is 0.101. The first-order chi connectivity index (χ1) is 19.5. The molecule has 5 rings (SSSR count). The standard InChI is InChI=1S/C29H35N4O3S3Si/c1-6-34-40(35-7-2,36-8-3)19-9-16-33-17-14-22(15-18-33)26-25(23-12-10-20(4)37-23)28-29(32-39-31-28)27(30-26)24-13-11-21(5)38-24/h10-15,17-18H,6-9,16,19H2,1-5H3/q+1. The molecule has 0 unspecified atom stereocenters. The molecule has 0 aromatic carbocycles. The van der Waals surface area contributed by atoms with Crippen molar-refractivity contribution in [3.05, 3.63) is 58.5 Å². The minimum absolute atomic E-state index is 0.596. The maximum atomic E-state index is 6.03. The smallest absolute Gasteiger partial charge is 0.374 e. The average Bonchev–Trinajstić information content (AvgIpc) is 3.70. The summed E-state index contributed by atoms with van der Waals surface area (Å²) in [6.07, 6.45) is 5.17. The highest BCUT2D eigenvalue weighted by atomic mass is 32.1. The Bertz CT molecular complexity index is 1550. The highest BCUT2D eigenvalue weighted by Crippen LogP contribution is 2.43. The van der Waals surface area contributed by atoms with Gasteiger partial charge in [0.05, 0.1) is 22.3 Å². The fourth-order valence-corrected chi connectivity index (χ4v) is 9.75. The summed E-state index contributed by atoms with van der Waals surface area (Å²) in [6, 6.07) is 13.7. The molecule has 0 atom stereocenters. The van der Waals surface area contributed by atoms with Crippen LogP contribution in [0.4, 0.5) is 0 Å². The lowest BCUT2D eigenvalue weighted by atomic mass is 10.0. The number of hydrogen-bond acceptors (Lipinski definition) is 9. The van der Waals surface area contributed by atoms with E-state index in [1.807, 2.05) is 20.8 Å². The third-order valence-corrected chi connectivity index (χ3v) is 12.2. The third-order valence-electron chi connectivity index (χ3n) is 6.53. The van der Waals surface area contributed by atoms with Crippen molar-refractivity contribution in [2.24, 2.45) is 0 Å². The molecule has 0 radical (unpaired) electrons. The first-order valence-electron chi connectivity index (χ1n) is 13.7. The molecule has 0 bridgehead atoms. The predicted molar refractivity (Wildman–Crippen MR) is 167 cm³/mol. The molecule has 210 valence electrons. The van der Waals surface area contributed by atoms with E-state index in [9.17, 15) is 0 Å². The van der Waals surface area contributed by atoms with E-state index in [1.54, 1.807) is 22.7 Å². The van der Waals surface area contributed by atoms with Crippen LogP contribution >= 0.6 is 34.4 Å². The molecule has 5 aromatic rings. The molecule has 0 saturated heterocycles. The third kappa shape index (κ3) is 6.25. The minimum atomic E-state index is -2.65. The van der Waals surface area contributed by atoms with Crippen molar-refractivity contribution in [1.29, 1.82) is 0 Å². The second-order valence-corrected chi connectivity index (χ2v) is 15.2. The molecule has 40 heavy (non-hydrogen) atoms. The van der Waals surface area contributed by atoms with Crippen LogP contribution in [0.5, 0.6) is 0 Å². The van der Waals surface area contributed by atoms with E-state index >= 15 is 0 Å². The highest BCUT2D eigenvalue weighted by Gasteiger charge is 2.40. The zero-order chi connectivity index (χ0) is 28.1. The summed E-state index contributed by atoms with van der Waals surface area (Å²) in [5, 5.41) is 0. The fraction of sp³-hybridized carbons (Fsp3) is 0.379. The van der Waals surface area contributed by atoms with Crippen LogP contribution in [0.2, 0.25) is 6.04 Å². The molecule has 0 aliphatic carbocycles. The van der Waals surface area contributed by atoms with Crippen LogP contribution in [-0.2, 0) is 19.8 Å². The van der Waals surface area contributed by atoms with Crippen LogP contribution in [0.25, 0.3) is 43.3 Å². The van der Waals surface area contributed by atoms with Gasteiger partial charge in [0.15, 0.2) is 12.4 Å². The van der Waals surface area contributed by atoms with Crippen molar-refractivity contribution in [3.63, 3.8) is 0 Å². The molecule has 5 heterocycles. The van der Waals surface area contributed by atoms with Gasteiger partial charge >= 0.3 is 8.80 Å². The summed E-state index contributed by atoms with van der Waals surface area (Å²) in [6.45, 7) is 12.9. The summed E-state index contributed by atoms with van der Waals surface area (Å²) < 4.78 is 29.7. The number of nitrogens with zero attached hydrogens (tertiary/aromatic N) is 4. The number of hydrogen-bond donors (Lipinski definition) is 0. The van der Waals surface area contributed by atoms with Crippen LogP contribution in [0, 0.1) is 13.8 Å². The van der Waals surface area contributed by atoms with E-state index in [0.29, 0.717) is 19.8 Å². The molecule has 0 aliphatic heterocycles. The Hall–Kier alpha value is -2.38. The molecule has 0 saturated carbocycles. The lowest BCUT2D eigenvalue weighted by Crippen LogP contribution is -2.46. The lowest BCUT2D eigenvalue weighted by Gasteiger charge is -2.28. The van der Waals surface area contributed by atoms with Gasteiger partial charge in [-0.2, -0.15) is 8.75 Å². The van der Waals surface area contributed by atoms with Gasteiger partial charge in [-0.25, -0.2) is 9.55 Å². The Balaban J connectivity index is 1.47. The van der Waals surface area contributed by atoms with Gasteiger partial charge in [0.1, 0.15) is 23.3 Å². The molecule has 5 aromatic heterocycles. The Labute approximate surface area is 249 Å². The van der Waals surface area contributed by atoms with E-state index < -0.39 is 8.80 Å². The maximum absolute atomic E-state index is 6.03. The molecule has 0 N–H and O–H groups in total. The zero-order valence-electron chi connectivity index (χ0n) is 23.6. The molecular weight excluding hydrogens is 577 g/mol. The Morgan fingerprint density at radius 1 is 0.750 bits per heavy atom. The second-order valence-electron chi connectivity index (χ2n) is 9.38. The molecule has 7 nitrogen and oxygen atoms in total. The van der Waals surface area contributed by atoms with Crippen LogP contribution < -0.4 is 4.57 Å². The first-order valence-corrected chi connectivity index (χ1v) is 18.0. The predicted octanol–water partition coefficient (Wildman–Crippen LogP) is 7.55. The average molecular weight is 612 g/mol. The van der Waals surface area contributed by atoms with Crippen LogP contribution in [-0.4, -0.2) is 42.4 Å². The summed E-state index contributed by atoms with van der Waals surface area (Å²) in [4.78, 5) is 10.0. The molecule has 0 spiro atoms. The molecule has 11 heteroatoms. The van der Waals surface area contributed by atoms with E-state index in [2.05, 4.69) is 71.6 Å². The van der Waals surface area contributed by atoms with Crippen LogP contribution in [0.15, 0.2) is 48.8 Å². The number of fused-ring (bicyclic) bond motifs is 1. The van der Waals surface area contributed by atoms with E-state index in [1.165, 1.54) is 21.5 Å². The van der Waals surface area contributed by atoms with Crippen molar-refractivity contribution < 1.29 is 17.8 Å². The number of aromatic nitrogens is 4. The van der Waals surface area contributed by atoms with Crippen molar-refractivity contribution >= 4 is 54.2 Å². The van der Waals surface area contributed by atoms with Gasteiger partial charge in [0.25, 0.3) is 0 Å². The van der Waals surface area contributed by atoms with Crippen LogP contribution in [0.3, 0.4) is 0 Å². The van der Waals surface area contributed by atoms with Gasteiger partial charge in [-0.05, 0) is 58.9 Å². The van der Waals surface area contributed by atoms with Gasteiger partial charge < -0.3 is 13.3 Å². The first kappa shape index (κ1) is 29.1. The van der Waals surface area contributed by atoms with Crippen molar-refractivity contribution in [2.75, 3.05) is 19.8 Å². The summed E-state index contributed by atoms with van der Waals surface area (Å²) >= 11 is 4.75.